The topological polar surface area (TPSA) is 151 Å². The zero-order valence-electron chi connectivity index (χ0n) is 24.7. The van der Waals surface area contributed by atoms with E-state index in [-0.39, 0.29) is 36.2 Å². The van der Waals surface area contributed by atoms with Gasteiger partial charge < -0.3 is 15.0 Å². The molecule has 3 atom stereocenters. The lowest BCUT2D eigenvalue weighted by molar-refractivity contribution is -0.124. The lowest BCUT2D eigenvalue weighted by Gasteiger charge is -2.18. The summed E-state index contributed by atoms with van der Waals surface area (Å²) in [7, 11) is 1.42. The number of carbonyl (C=O) groups is 3. The zero-order chi connectivity index (χ0) is 30.9. The molecule has 0 spiro atoms. The van der Waals surface area contributed by atoms with Crippen molar-refractivity contribution in [3.63, 3.8) is 0 Å². The number of fused-ring (bicyclic) bond motifs is 1. The SMILES string of the molecule is Cc1ccnc(C2CC2C(=O)Nc2cc(N[C@H](C)c3cn4cc(C5(F)CC5)cc(N5CC(=O)N(C)C5=O)c4n3)nc(C)n2)n1. The number of anilines is 3. The van der Waals surface area contributed by atoms with Crippen molar-refractivity contribution in [3.8, 4) is 0 Å². The lowest BCUT2D eigenvalue weighted by Crippen LogP contribution is -2.30. The number of carbonyl (C=O) groups excluding carboxylic acids is 3. The molecule has 44 heavy (non-hydrogen) atoms. The van der Waals surface area contributed by atoms with Gasteiger partial charge in [0.05, 0.1) is 17.4 Å². The molecular weight excluding hydrogens is 567 g/mol. The van der Waals surface area contributed by atoms with Crippen molar-refractivity contribution in [3.05, 3.63) is 65.4 Å². The fourth-order valence-corrected chi connectivity index (χ4v) is 5.57. The number of pyridine rings is 1. The number of urea groups is 1. The molecule has 1 aliphatic heterocycles. The fourth-order valence-electron chi connectivity index (χ4n) is 5.57. The highest BCUT2D eigenvalue weighted by atomic mass is 19.1. The van der Waals surface area contributed by atoms with E-state index in [9.17, 15) is 14.4 Å². The summed E-state index contributed by atoms with van der Waals surface area (Å²) in [5.74, 6) is 1.26. The van der Waals surface area contributed by atoms with E-state index in [0.717, 1.165) is 10.6 Å². The maximum atomic E-state index is 15.2. The van der Waals surface area contributed by atoms with Crippen LogP contribution in [0.4, 0.5) is 26.5 Å². The molecule has 3 fully saturated rings. The smallest absolute Gasteiger partial charge is 0.331 e. The van der Waals surface area contributed by atoms with E-state index in [1.54, 1.807) is 42.0 Å². The van der Waals surface area contributed by atoms with Crippen LogP contribution in [0.25, 0.3) is 5.65 Å². The first-order valence-electron chi connectivity index (χ1n) is 14.5. The first-order chi connectivity index (χ1) is 21.0. The molecule has 2 N–H and O–H groups in total. The van der Waals surface area contributed by atoms with Crippen molar-refractivity contribution < 1.29 is 18.8 Å². The van der Waals surface area contributed by atoms with Gasteiger partial charge in [-0.2, -0.15) is 0 Å². The molecule has 5 heterocycles. The Bertz CT molecular complexity index is 1850. The van der Waals surface area contributed by atoms with Gasteiger partial charge in [0, 0.05) is 54.8 Å². The van der Waals surface area contributed by atoms with Gasteiger partial charge in [0.2, 0.25) is 11.8 Å². The van der Waals surface area contributed by atoms with Crippen molar-refractivity contribution in [2.75, 3.05) is 29.1 Å². The summed E-state index contributed by atoms with van der Waals surface area (Å²) in [6, 6.07) is 4.26. The molecule has 3 aliphatic rings. The third kappa shape index (κ3) is 4.99. The Hall–Kier alpha value is -5.01. The largest absolute Gasteiger partial charge is 0.362 e. The third-order valence-electron chi connectivity index (χ3n) is 8.40. The molecule has 7 rings (SSSR count). The summed E-state index contributed by atoms with van der Waals surface area (Å²) in [4.78, 5) is 62.9. The minimum absolute atomic E-state index is 0.0162. The Morgan fingerprint density at radius 1 is 1.09 bits per heavy atom. The average molecular weight is 599 g/mol. The number of imide groups is 1. The summed E-state index contributed by atoms with van der Waals surface area (Å²) < 4.78 is 16.9. The Balaban J connectivity index is 1.11. The Morgan fingerprint density at radius 2 is 1.86 bits per heavy atom. The molecule has 4 aromatic heterocycles. The molecular formula is C30H31FN10O3. The second-order valence-electron chi connectivity index (χ2n) is 11.8. The van der Waals surface area contributed by atoms with Crippen LogP contribution >= 0.6 is 0 Å². The molecule has 2 unspecified atom stereocenters. The normalized spacial score (nSPS) is 21.1. The van der Waals surface area contributed by atoms with Gasteiger partial charge in [0.25, 0.3) is 0 Å². The summed E-state index contributed by atoms with van der Waals surface area (Å²) in [6.45, 7) is 5.39. The highest BCUT2D eigenvalue weighted by Gasteiger charge is 2.47. The number of hydrogen-bond acceptors (Lipinski definition) is 9. The van der Waals surface area contributed by atoms with Crippen molar-refractivity contribution in [2.45, 2.75) is 57.7 Å². The number of amides is 4. The number of imidazole rings is 1. The number of nitrogens with zero attached hydrogens (tertiary/aromatic N) is 8. The van der Waals surface area contributed by atoms with Crippen molar-refractivity contribution in [1.29, 1.82) is 0 Å². The minimum atomic E-state index is -1.46. The molecule has 0 radical (unpaired) electrons. The van der Waals surface area contributed by atoms with E-state index in [1.807, 2.05) is 19.9 Å². The molecule has 1 saturated heterocycles. The first-order valence-corrected chi connectivity index (χ1v) is 14.5. The summed E-state index contributed by atoms with van der Waals surface area (Å²) in [5, 5.41) is 6.21. The quantitative estimate of drug-likeness (QED) is 0.289. The van der Waals surface area contributed by atoms with Crippen LogP contribution in [0.3, 0.4) is 0 Å². The predicted octanol–water partition coefficient (Wildman–Crippen LogP) is 3.80. The molecule has 226 valence electrons. The van der Waals surface area contributed by atoms with E-state index in [1.165, 1.54) is 11.9 Å². The first kappa shape index (κ1) is 27.8. The van der Waals surface area contributed by atoms with Crippen molar-refractivity contribution in [2.24, 2.45) is 5.92 Å². The summed E-state index contributed by atoms with van der Waals surface area (Å²) >= 11 is 0. The molecule has 13 nitrogen and oxygen atoms in total. The van der Waals surface area contributed by atoms with Crippen LogP contribution in [0.5, 0.6) is 0 Å². The number of aromatic nitrogens is 6. The van der Waals surface area contributed by atoms with Crippen molar-refractivity contribution in [1.82, 2.24) is 34.2 Å². The molecule has 4 aromatic rings. The van der Waals surface area contributed by atoms with E-state index >= 15 is 4.39 Å². The van der Waals surface area contributed by atoms with Gasteiger partial charge in [-0.05, 0) is 52.2 Å². The number of likely N-dealkylation sites (N-methyl/N-ethyl adjacent to an activating group) is 1. The van der Waals surface area contributed by atoms with Gasteiger partial charge in [-0.25, -0.2) is 34.1 Å². The zero-order valence-corrected chi connectivity index (χ0v) is 24.7. The molecule has 0 bridgehead atoms. The van der Waals surface area contributed by atoms with Gasteiger partial charge in [-0.15, -0.1) is 0 Å². The Labute approximate surface area is 251 Å². The molecule has 2 saturated carbocycles. The van der Waals surface area contributed by atoms with E-state index in [4.69, 9.17) is 4.98 Å². The van der Waals surface area contributed by atoms with Gasteiger partial charge in [0.15, 0.2) is 5.65 Å². The number of nitrogens with one attached hydrogen (secondary N) is 2. The molecule has 2 aliphatic carbocycles. The molecule has 4 amide bonds. The fraction of sp³-hybridized carbons (Fsp3) is 0.400. The van der Waals surface area contributed by atoms with Gasteiger partial charge >= 0.3 is 6.03 Å². The van der Waals surface area contributed by atoms with Crippen LogP contribution in [0, 0.1) is 19.8 Å². The van der Waals surface area contributed by atoms with E-state index in [2.05, 4.69) is 30.6 Å². The highest BCUT2D eigenvalue weighted by molar-refractivity contribution is 6.13. The second kappa shape index (κ2) is 10.0. The minimum Gasteiger partial charge on any atom is -0.362 e. The number of hydrogen-bond donors (Lipinski definition) is 2. The van der Waals surface area contributed by atoms with E-state index < -0.39 is 11.7 Å². The van der Waals surface area contributed by atoms with Crippen LogP contribution in [0.2, 0.25) is 0 Å². The van der Waals surface area contributed by atoms with Gasteiger partial charge in [0.1, 0.15) is 35.5 Å². The number of rotatable bonds is 8. The van der Waals surface area contributed by atoms with Crippen LogP contribution in [-0.4, -0.2) is 65.7 Å². The van der Waals surface area contributed by atoms with Gasteiger partial charge in [-0.1, -0.05) is 0 Å². The van der Waals surface area contributed by atoms with E-state index in [0.29, 0.717) is 65.1 Å². The number of halogens is 1. The second-order valence-corrected chi connectivity index (χ2v) is 11.8. The van der Waals surface area contributed by atoms with Crippen LogP contribution in [-0.2, 0) is 15.3 Å². The third-order valence-corrected chi connectivity index (χ3v) is 8.40. The van der Waals surface area contributed by atoms with Crippen LogP contribution < -0.4 is 15.5 Å². The number of aryl methyl sites for hydroxylation is 2. The van der Waals surface area contributed by atoms with Crippen LogP contribution in [0.15, 0.2) is 36.8 Å². The van der Waals surface area contributed by atoms with Crippen molar-refractivity contribution >= 4 is 40.8 Å². The van der Waals surface area contributed by atoms with Crippen LogP contribution in [0.1, 0.15) is 66.7 Å². The Kier molecular flexibility index (Phi) is 6.34. The predicted molar refractivity (Wildman–Crippen MR) is 158 cm³/mol. The lowest BCUT2D eigenvalue weighted by atomic mass is 10.1. The average Bonchev–Trinajstić information content (AvgIpc) is 3.88. The summed E-state index contributed by atoms with van der Waals surface area (Å²) in [5.41, 5.74) is 1.27. The Morgan fingerprint density at radius 3 is 2.57 bits per heavy atom. The highest BCUT2D eigenvalue weighted by Crippen LogP contribution is 2.50. The molecule has 0 aromatic carbocycles. The molecule has 14 heteroatoms. The number of alkyl halides is 1. The maximum absolute atomic E-state index is 15.2. The monoisotopic (exact) mass is 598 g/mol. The van der Waals surface area contributed by atoms with Gasteiger partial charge in [-0.3, -0.25) is 19.4 Å². The standard InChI is InChI=1S/C30H31FN10O3/c1-15-5-8-32-26(33-15)19-10-20(19)28(43)38-24-11-23(35-17(3)36-24)34-16(2)21-13-40-12-18(30(31)6-7-30)9-22(27(40)37-21)41-14-25(42)39(4)29(41)44/h5,8-9,11-13,16,19-20H,6-7,10,14H2,1-4H3,(H2,34,35,36,38,43)/t16-,19?,20?/m1/s1. The maximum Gasteiger partial charge on any atom is 0.331 e. The summed E-state index contributed by atoms with van der Waals surface area (Å²) in [6.07, 6.45) is 6.65.